The number of nitrogens with one attached hydrogen (secondary N) is 1. The van der Waals surface area contributed by atoms with Gasteiger partial charge in [0.05, 0.1) is 10.6 Å². The van der Waals surface area contributed by atoms with Crippen molar-refractivity contribution in [3.8, 4) is 0 Å². The third-order valence-electron chi connectivity index (χ3n) is 6.69. The van der Waals surface area contributed by atoms with Crippen LogP contribution in [0.4, 0.5) is 5.69 Å². The maximum absolute atomic E-state index is 14.0. The summed E-state index contributed by atoms with van der Waals surface area (Å²) in [6, 6.07) is 15.6. The summed E-state index contributed by atoms with van der Waals surface area (Å²) in [5.41, 5.74) is 3.47. The van der Waals surface area contributed by atoms with Crippen LogP contribution in [0.2, 0.25) is 10.0 Å². The van der Waals surface area contributed by atoms with E-state index in [0.29, 0.717) is 21.3 Å². The molecule has 0 aliphatic rings. The lowest BCUT2D eigenvalue weighted by atomic mass is 10.1. The Morgan fingerprint density at radius 1 is 0.925 bits per heavy atom. The van der Waals surface area contributed by atoms with E-state index in [1.165, 1.54) is 17.0 Å². The molecule has 10 heteroatoms. The van der Waals surface area contributed by atoms with Gasteiger partial charge in [-0.3, -0.25) is 13.9 Å². The van der Waals surface area contributed by atoms with Crippen LogP contribution in [-0.2, 0) is 26.2 Å². The Hall–Kier alpha value is -3.07. The van der Waals surface area contributed by atoms with Gasteiger partial charge in [-0.15, -0.1) is 0 Å². The van der Waals surface area contributed by atoms with Gasteiger partial charge in [0.2, 0.25) is 11.8 Å². The molecule has 7 nitrogen and oxygen atoms in total. The van der Waals surface area contributed by atoms with Crippen molar-refractivity contribution < 1.29 is 18.0 Å². The van der Waals surface area contributed by atoms with E-state index >= 15 is 0 Å². The molecule has 1 atom stereocenters. The zero-order chi connectivity index (χ0) is 29.8. The summed E-state index contributed by atoms with van der Waals surface area (Å²) in [7, 11) is -4.15. The summed E-state index contributed by atoms with van der Waals surface area (Å²) in [5, 5.41) is 3.60. The first-order valence-corrected chi connectivity index (χ1v) is 15.1. The van der Waals surface area contributed by atoms with Crippen LogP contribution in [0.1, 0.15) is 43.0 Å². The molecule has 40 heavy (non-hydrogen) atoms. The van der Waals surface area contributed by atoms with Gasteiger partial charge in [-0.1, -0.05) is 59.1 Å². The number of aryl methyl sites for hydroxylation is 2. The fourth-order valence-corrected chi connectivity index (χ4v) is 6.12. The number of halogens is 2. The molecule has 0 aliphatic heterocycles. The largest absolute Gasteiger partial charge is 0.352 e. The Bertz CT molecular complexity index is 1490. The second kappa shape index (κ2) is 13.1. The molecule has 3 rings (SSSR count). The molecule has 0 bridgehead atoms. The predicted molar refractivity (Wildman–Crippen MR) is 161 cm³/mol. The fourth-order valence-electron chi connectivity index (χ4n) is 4.18. The third-order valence-corrected chi connectivity index (χ3v) is 9.05. The zero-order valence-corrected chi connectivity index (χ0v) is 25.9. The van der Waals surface area contributed by atoms with Crippen molar-refractivity contribution in [3.05, 3.63) is 93.0 Å². The van der Waals surface area contributed by atoms with Crippen LogP contribution in [0.25, 0.3) is 0 Å². The average molecular weight is 605 g/mol. The van der Waals surface area contributed by atoms with Crippen LogP contribution in [0.15, 0.2) is 65.6 Å². The Morgan fingerprint density at radius 2 is 1.57 bits per heavy atom. The highest BCUT2D eigenvalue weighted by Gasteiger charge is 2.33. The summed E-state index contributed by atoms with van der Waals surface area (Å²) in [6.07, 6.45) is 0. The molecule has 2 amide bonds. The number of hydrogen-bond donors (Lipinski definition) is 1. The molecule has 3 aromatic rings. The molecule has 1 N–H and O–H groups in total. The van der Waals surface area contributed by atoms with Crippen LogP contribution in [0, 0.1) is 20.8 Å². The quantitative estimate of drug-likeness (QED) is 0.305. The van der Waals surface area contributed by atoms with Gasteiger partial charge in [0, 0.05) is 22.6 Å². The number of amides is 2. The summed E-state index contributed by atoms with van der Waals surface area (Å²) < 4.78 is 29.1. The van der Waals surface area contributed by atoms with Crippen molar-refractivity contribution in [2.45, 2.75) is 65.1 Å². The third kappa shape index (κ3) is 7.36. The van der Waals surface area contributed by atoms with Gasteiger partial charge in [-0.25, -0.2) is 8.42 Å². The molecule has 3 aromatic carbocycles. The van der Waals surface area contributed by atoms with Gasteiger partial charge in [0.15, 0.2) is 0 Å². The Labute approximate surface area is 247 Å². The maximum atomic E-state index is 14.0. The number of nitrogens with zero attached hydrogens (tertiary/aromatic N) is 2. The summed E-state index contributed by atoms with van der Waals surface area (Å²) in [4.78, 5) is 28.5. The summed E-state index contributed by atoms with van der Waals surface area (Å²) in [5.74, 6) is -0.929. The van der Waals surface area contributed by atoms with E-state index in [0.717, 1.165) is 21.0 Å². The molecule has 0 fully saturated rings. The van der Waals surface area contributed by atoms with Gasteiger partial charge in [-0.2, -0.15) is 0 Å². The first-order chi connectivity index (χ1) is 18.7. The predicted octanol–water partition coefficient (Wildman–Crippen LogP) is 6.06. The standard InChI is InChI=1S/C30H35Cl2N3O4S/c1-19(2)33-30(37)23(6)34(17-24-12-13-25(31)16-27(24)32)29(36)18-35(28-9-7-8-21(4)22(28)5)40(38,39)26-14-10-20(3)11-15-26/h7-16,19,23H,17-18H2,1-6H3,(H,33,37). The van der Waals surface area contributed by atoms with Gasteiger partial charge in [-0.05, 0) is 88.6 Å². The Kier molecular flexibility index (Phi) is 10.3. The molecule has 214 valence electrons. The van der Waals surface area contributed by atoms with Crippen LogP contribution >= 0.6 is 23.2 Å². The number of carbonyl (C=O) groups excluding carboxylic acids is 2. The number of benzene rings is 3. The van der Waals surface area contributed by atoms with Crippen LogP contribution in [0.5, 0.6) is 0 Å². The molecular formula is C30H35Cl2N3O4S. The van der Waals surface area contributed by atoms with Crippen LogP contribution in [0.3, 0.4) is 0 Å². The van der Waals surface area contributed by atoms with E-state index in [1.807, 2.05) is 40.7 Å². The number of carbonyl (C=O) groups is 2. The number of anilines is 1. The first kappa shape index (κ1) is 31.5. The number of hydrogen-bond acceptors (Lipinski definition) is 4. The van der Waals surface area contributed by atoms with E-state index in [2.05, 4.69) is 5.32 Å². The van der Waals surface area contributed by atoms with E-state index in [-0.39, 0.29) is 23.4 Å². The van der Waals surface area contributed by atoms with E-state index in [1.54, 1.807) is 49.4 Å². The van der Waals surface area contributed by atoms with Crippen molar-refractivity contribution in [2.75, 3.05) is 10.8 Å². The minimum atomic E-state index is -4.15. The number of sulfonamides is 1. The monoisotopic (exact) mass is 603 g/mol. The smallest absolute Gasteiger partial charge is 0.264 e. The van der Waals surface area contributed by atoms with Crippen LogP contribution in [-0.4, -0.2) is 43.8 Å². The minimum Gasteiger partial charge on any atom is -0.352 e. The summed E-state index contributed by atoms with van der Waals surface area (Å²) in [6.45, 7) is 10.3. The lowest BCUT2D eigenvalue weighted by molar-refractivity contribution is -0.139. The SMILES string of the molecule is Cc1ccc(S(=O)(=O)N(CC(=O)N(Cc2ccc(Cl)cc2Cl)C(C)C(=O)NC(C)C)c2cccc(C)c2C)cc1. The molecular weight excluding hydrogens is 569 g/mol. The fraction of sp³-hybridized carbons (Fsp3) is 0.333. The summed E-state index contributed by atoms with van der Waals surface area (Å²) >= 11 is 12.5. The van der Waals surface area contributed by atoms with E-state index < -0.39 is 28.5 Å². The second-order valence-electron chi connectivity index (χ2n) is 10.1. The normalized spacial score (nSPS) is 12.2. The molecule has 0 radical (unpaired) electrons. The minimum absolute atomic E-state index is 0.0211. The lowest BCUT2D eigenvalue weighted by Crippen LogP contribution is -2.52. The molecule has 0 saturated carbocycles. The van der Waals surface area contributed by atoms with Gasteiger partial charge >= 0.3 is 0 Å². The van der Waals surface area contributed by atoms with Gasteiger partial charge < -0.3 is 10.2 Å². The van der Waals surface area contributed by atoms with Crippen molar-refractivity contribution in [3.63, 3.8) is 0 Å². The highest BCUT2D eigenvalue weighted by atomic mass is 35.5. The average Bonchev–Trinajstić information content (AvgIpc) is 2.88. The van der Waals surface area contributed by atoms with E-state index in [9.17, 15) is 18.0 Å². The highest BCUT2D eigenvalue weighted by Crippen LogP contribution is 2.30. The molecule has 0 saturated heterocycles. The molecule has 0 spiro atoms. The Morgan fingerprint density at radius 3 is 2.17 bits per heavy atom. The van der Waals surface area contributed by atoms with Gasteiger partial charge in [0.25, 0.3) is 10.0 Å². The van der Waals surface area contributed by atoms with Crippen molar-refractivity contribution in [1.29, 1.82) is 0 Å². The number of rotatable bonds is 10. The van der Waals surface area contributed by atoms with Crippen molar-refractivity contribution in [1.82, 2.24) is 10.2 Å². The molecule has 0 heterocycles. The topological polar surface area (TPSA) is 86.8 Å². The molecule has 0 aliphatic carbocycles. The molecule has 0 aromatic heterocycles. The molecule has 1 unspecified atom stereocenters. The Balaban J connectivity index is 2.10. The maximum Gasteiger partial charge on any atom is 0.264 e. The van der Waals surface area contributed by atoms with Crippen molar-refractivity contribution in [2.24, 2.45) is 0 Å². The lowest BCUT2D eigenvalue weighted by Gasteiger charge is -2.33. The first-order valence-electron chi connectivity index (χ1n) is 12.9. The zero-order valence-electron chi connectivity index (χ0n) is 23.5. The second-order valence-corrected chi connectivity index (χ2v) is 12.8. The van der Waals surface area contributed by atoms with Crippen molar-refractivity contribution >= 4 is 50.7 Å². The van der Waals surface area contributed by atoms with E-state index in [4.69, 9.17) is 23.2 Å². The van der Waals surface area contributed by atoms with Crippen LogP contribution < -0.4 is 9.62 Å². The van der Waals surface area contributed by atoms with Gasteiger partial charge in [0.1, 0.15) is 12.6 Å². The highest BCUT2D eigenvalue weighted by molar-refractivity contribution is 7.92.